The van der Waals surface area contributed by atoms with Gasteiger partial charge in [-0.05, 0) is 48.9 Å². The molecule has 0 spiro atoms. The fourth-order valence-electron chi connectivity index (χ4n) is 2.00. The number of aromatic nitrogens is 2. The highest BCUT2D eigenvalue weighted by atomic mass is 79.9. The highest BCUT2D eigenvalue weighted by Gasteiger charge is 2.02. The number of hydrogen-bond donors (Lipinski definition) is 2. The first-order valence-electron chi connectivity index (χ1n) is 6.89. The van der Waals surface area contributed by atoms with Crippen LogP contribution >= 0.6 is 15.9 Å². The lowest BCUT2D eigenvalue weighted by Gasteiger charge is -2.10. The number of aryl methyl sites for hydroxylation is 1. The first kappa shape index (κ1) is 14.5. The highest BCUT2D eigenvalue weighted by molar-refractivity contribution is 9.10. The molecule has 110 valence electrons. The van der Waals surface area contributed by atoms with E-state index in [1.807, 2.05) is 48.5 Å². The predicted molar refractivity (Wildman–Crippen MR) is 93.9 cm³/mol. The Balaban J connectivity index is 1.78. The molecule has 0 aliphatic carbocycles. The Morgan fingerprint density at radius 2 is 1.68 bits per heavy atom. The van der Waals surface area contributed by atoms with Gasteiger partial charge in [0.1, 0.15) is 5.82 Å². The summed E-state index contributed by atoms with van der Waals surface area (Å²) in [5.74, 6) is 1.31. The van der Waals surface area contributed by atoms with Crippen molar-refractivity contribution >= 4 is 39.1 Å². The standard InChI is InChI=1S/C17H15BrN4/c1-12-4-2-3-5-15(12)21-16-10-11-19-17(22-16)20-14-8-6-13(18)7-9-14/h2-11H,1H3,(H2,19,20,21,22). The Labute approximate surface area is 137 Å². The smallest absolute Gasteiger partial charge is 0.229 e. The summed E-state index contributed by atoms with van der Waals surface area (Å²) in [6.07, 6.45) is 1.73. The molecule has 22 heavy (non-hydrogen) atoms. The van der Waals surface area contributed by atoms with Gasteiger partial charge in [-0.2, -0.15) is 4.98 Å². The summed E-state index contributed by atoms with van der Waals surface area (Å²) < 4.78 is 1.04. The molecule has 2 N–H and O–H groups in total. The summed E-state index contributed by atoms with van der Waals surface area (Å²) in [4.78, 5) is 8.73. The molecular formula is C17H15BrN4. The van der Waals surface area contributed by atoms with Crippen LogP contribution in [0.1, 0.15) is 5.56 Å². The molecule has 1 aromatic heterocycles. The van der Waals surface area contributed by atoms with Gasteiger partial charge < -0.3 is 10.6 Å². The van der Waals surface area contributed by atoms with Crippen LogP contribution in [0.4, 0.5) is 23.1 Å². The van der Waals surface area contributed by atoms with Crippen LogP contribution in [0.3, 0.4) is 0 Å². The molecule has 0 bridgehead atoms. The van der Waals surface area contributed by atoms with E-state index < -0.39 is 0 Å². The van der Waals surface area contributed by atoms with Crippen molar-refractivity contribution in [1.29, 1.82) is 0 Å². The van der Waals surface area contributed by atoms with E-state index in [9.17, 15) is 0 Å². The van der Waals surface area contributed by atoms with E-state index in [1.165, 1.54) is 5.56 Å². The van der Waals surface area contributed by atoms with Gasteiger partial charge >= 0.3 is 0 Å². The second kappa shape index (κ2) is 6.58. The Hall–Kier alpha value is -2.40. The predicted octanol–water partition coefficient (Wildman–Crippen LogP) is 5.03. The number of benzene rings is 2. The van der Waals surface area contributed by atoms with E-state index in [1.54, 1.807) is 6.20 Å². The van der Waals surface area contributed by atoms with Gasteiger partial charge in [0.15, 0.2) is 0 Å². The summed E-state index contributed by atoms with van der Waals surface area (Å²) in [5, 5.41) is 6.50. The molecule has 0 saturated carbocycles. The summed E-state index contributed by atoms with van der Waals surface area (Å²) in [6, 6.07) is 17.8. The summed E-state index contributed by atoms with van der Waals surface area (Å²) in [5.41, 5.74) is 3.15. The highest BCUT2D eigenvalue weighted by Crippen LogP contribution is 2.21. The van der Waals surface area contributed by atoms with Gasteiger partial charge in [0, 0.05) is 22.0 Å². The van der Waals surface area contributed by atoms with Crippen LogP contribution in [-0.2, 0) is 0 Å². The topological polar surface area (TPSA) is 49.8 Å². The zero-order valence-electron chi connectivity index (χ0n) is 12.0. The Morgan fingerprint density at radius 1 is 0.909 bits per heavy atom. The number of para-hydroxylation sites is 1. The molecule has 0 atom stereocenters. The third kappa shape index (κ3) is 3.62. The molecule has 5 heteroatoms. The van der Waals surface area contributed by atoms with Gasteiger partial charge in [0.25, 0.3) is 0 Å². The van der Waals surface area contributed by atoms with Crippen LogP contribution in [0.5, 0.6) is 0 Å². The second-order valence-electron chi connectivity index (χ2n) is 4.84. The quantitative estimate of drug-likeness (QED) is 0.689. The minimum absolute atomic E-state index is 0.556. The lowest BCUT2D eigenvalue weighted by atomic mass is 10.2. The van der Waals surface area contributed by atoms with Crippen LogP contribution in [-0.4, -0.2) is 9.97 Å². The van der Waals surface area contributed by atoms with E-state index in [0.717, 1.165) is 21.7 Å². The first-order valence-corrected chi connectivity index (χ1v) is 7.68. The van der Waals surface area contributed by atoms with Crippen molar-refractivity contribution in [2.75, 3.05) is 10.6 Å². The largest absolute Gasteiger partial charge is 0.340 e. The number of nitrogens with one attached hydrogen (secondary N) is 2. The van der Waals surface area contributed by atoms with Crippen molar-refractivity contribution in [2.24, 2.45) is 0 Å². The van der Waals surface area contributed by atoms with Gasteiger partial charge in [-0.1, -0.05) is 34.1 Å². The van der Waals surface area contributed by atoms with Crippen LogP contribution in [0.2, 0.25) is 0 Å². The summed E-state index contributed by atoms with van der Waals surface area (Å²) in [7, 11) is 0. The van der Waals surface area contributed by atoms with Gasteiger partial charge in [-0.15, -0.1) is 0 Å². The number of nitrogens with zero attached hydrogens (tertiary/aromatic N) is 2. The van der Waals surface area contributed by atoms with Crippen molar-refractivity contribution in [1.82, 2.24) is 9.97 Å². The van der Waals surface area contributed by atoms with Crippen LogP contribution in [0.25, 0.3) is 0 Å². The molecule has 1 heterocycles. The van der Waals surface area contributed by atoms with E-state index in [2.05, 4.69) is 49.5 Å². The molecule has 3 aromatic rings. The molecule has 0 radical (unpaired) electrons. The molecule has 0 aliphatic rings. The minimum atomic E-state index is 0.556. The van der Waals surface area contributed by atoms with Crippen molar-refractivity contribution in [2.45, 2.75) is 6.92 Å². The summed E-state index contributed by atoms with van der Waals surface area (Å²) in [6.45, 7) is 2.06. The molecule has 2 aromatic carbocycles. The second-order valence-corrected chi connectivity index (χ2v) is 5.75. The molecule has 0 saturated heterocycles. The number of halogens is 1. The van der Waals surface area contributed by atoms with Crippen LogP contribution in [0, 0.1) is 6.92 Å². The fourth-order valence-corrected chi connectivity index (χ4v) is 2.27. The van der Waals surface area contributed by atoms with Crippen LogP contribution < -0.4 is 10.6 Å². The van der Waals surface area contributed by atoms with Crippen molar-refractivity contribution < 1.29 is 0 Å². The first-order chi connectivity index (χ1) is 10.7. The van der Waals surface area contributed by atoms with Gasteiger partial charge in [-0.25, -0.2) is 4.98 Å². The fraction of sp³-hybridized carbons (Fsp3) is 0.0588. The van der Waals surface area contributed by atoms with Gasteiger partial charge in [0.05, 0.1) is 0 Å². The molecule has 0 unspecified atom stereocenters. The Morgan fingerprint density at radius 3 is 2.45 bits per heavy atom. The average molecular weight is 355 g/mol. The van der Waals surface area contributed by atoms with E-state index >= 15 is 0 Å². The zero-order valence-corrected chi connectivity index (χ0v) is 13.6. The molecule has 0 aliphatic heterocycles. The maximum atomic E-state index is 4.48. The molecule has 0 fully saturated rings. The van der Waals surface area contributed by atoms with Crippen LogP contribution in [0.15, 0.2) is 65.3 Å². The van der Waals surface area contributed by atoms with Crippen molar-refractivity contribution in [3.05, 3.63) is 70.8 Å². The normalized spacial score (nSPS) is 10.3. The third-order valence-corrected chi connectivity index (χ3v) is 3.69. The van der Waals surface area contributed by atoms with E-state index in [0.29, 0.717) is 5.95 Å². The molecule has 0 amide bonds. The minimum Gasteiger partial charge on any atom is -0.340 e. The number of rotatable bonds is 4. The lowest BCUT2D eigenvalue weighted by Crippen LogP contribution is -2.01. The Bertz CT molecular complexity index is 772. The summed E-state index contributed by atoms with van der Waals surface area (Å²) >= 11 is 3.42. The van der Waals surface area contributed by atoms with Crippen molar-refractivity contribution in [3.8, 4) is 0 Å². The molecule has 3 rings (SSSR count). The SMILES string of the molecule is Cc1ccccc1Nc1ccnc(Nc2ccc(Br)cc2)n1. The number of hydrogen-bond acceptors (Lipinski definition) is 4. The number of anilines is 4. The monoisotopic (exact) mass is 354 g/mol. The molecular weight excluding hydrogens is 340 g/mol. The average Bonchev–Trinajstić information content (AvgIpc) is 2.52. The zero-order chi connectivity index (χ0) is 15.4. The van der Waals surface area contributed by atoms with E-state index in [4.69, 9.17) is 0 Å². The lowest BCUT2D eigenvalue weighted by molar-refractivity contribution is 1.16. The molecule has 4 nitrogen and oxygen atoms in total. The van der Waals surface area contributed by atoms with Crippen molar-refractivity contribution in [3.63, 3.8) is 0 Å². The maximum Gasteiger partial charge on any atom is 0.229 e. The van der Waals surface area contributed by atoms with Gasteiger partial charge in [0.2, 0.25) is 5.95 Å². The Kier molecular flexibility index (Phi) is 4.34. The third-order valence-electron chi connectivity index (χ3n) is 3.16. The maximum absolute atomic E-state index is 4.48. The van der Waals surface area contributed by atoms with E-state index in [-0.39, 0.29) is 0 Å². The van der Waals surface area contributed by atoms with Gasteiger partial charge in [-0.3, -0.25) is 0 Å².